The van der Waals surface area contributed by atoms with Crippen molar-refractivity contribution in [2.24, 2.45) is 5.92 Å². The molecular formula is C34H59N3O. The first-order valence-corrected chi connectivity index (χ1v) is 16.4. The van der Waals surface area contributed by atoms with Gasteiger partial charge < -0.3 is 9.88 Å². The van der Waals surface area contributed by atoms with E-state index in [1.807, 2.05) is 0 Å². The highest BCUT2D eigenvalue weighted by Crippen LogP contribution is 2.19. The minimum absolute atomic E-state index is 0.148. The van der Waals surface area contributed by atoms with Gasteiger partial charge in [0, 0.05) is 25.4 Å². The summed E-state index contributed by atoms with van der Waals surface area (Å²) in [5, 5.41) is 3.13. The second kappa shape index (κ2) is 21.0. The number of amides is 1. The van der Waals surface area contributed by atoms with Crippen molar-refractivity contribution in [3.8, 4) is 0 Å². The predicted octanol–water partition coefficient (Wildman–Crippen LogP) is 9.78. The van der Waals surface area contributed by atoms with E-state index in [0.717, 1.165) is 44.3 Å². The van der Waals surface area contributed by atoms with Gasteiger partial charge in [-0.05, 0) is 37.8 Å². The van der Waals surface area contributed by atoms with E-state index in [-0.39, 0.29) is 11.8 Å². The van der Waals surface area contributed by atoms with Crippen LogP contribution in [0, 0.1) is 5.92 Å². The molecule has 1 amide bonds. The number of nitrogens with zero attached hydrogens (tertiary/aromatic N) is 2. The number of benzene rings is 1. The Morgan fingerprint density at radius 2 is 1.26 bits per heavy atom. The molecule has 4 heteroatoms. The Kier molecular flexibility index (Phi) is 17.9. The fourth-order valence-corrected chi connectivity index (χ4v) is 5.65. The van der Waals surface area contributed by atoms with Gasteiger partial charge in [-0.2, -0.15) is 0 Å². The number of aryl methyl sites for hydroxylation is 2. The van der Waals surface area contributed by atoms with E-state index >= 15 is 0 Å². The van der Waals surface area contributed by atoms with Crippen molar-refractivity contribution in [1.82, 2.24) is 14.9 Å². The molecule has 0 aliphatic heterocycles. The molecule has 4 nitrogen and oxygen atoms in total. The van der Waals surface area contributed by atoms with Gasteiger partial charge in [0.05, 0.1) is 11.0 Å². The molecule has 216 valence electrons. The van der Waals surface area contributed by atoms with Crippen LogP contribution in [0.2, 0.25) is 0 Å². The number of imidazole rings is 1. The van der Waals surface area contributed by atoms with Gasteiger partial charge in [-0.3, -0.25) is 4.79 Å². The molecule has 0 saturated carbocycles. The number of para-hydroxylation sites is 2. The number of rotatable bonds is 24. The van der Waals surface area contributed by atoms with Crippen LogP contribution in [-0.2, 0) is 17.8 Å². The molecule has 0 radical (unpaired) electrons. The number of nitrogens with one attached hydrogen (secondary N) is 1. The summed E-state index contributed by atoms with van der Waals surface area (Å²) in [6, 6.07) is 8.52. The van der Waals surface area contributed by atoms with Gasteiger partial charge in [-0.15, -0.1) is 0 Å². The van der Waals surface area contributed by atoms with E-state index in [1.54, 1.807) is 0 Å². The van der Waals surface area contributed by atoms with Crippen LogP contribution in [0.1, 0.15) is 149 Å². The third-order valence-corrected chi connectivity index (χ3v) is 8.20. The van der Waals surface area contributed by atoms with Crippen molar-refractivity contribution in [3.05, 3.63) is 30.1 Å². The summed E-state index contributed by atoms with van der Waals surface area (Å²) in [4.78, 5) is 17.2. The lowest BCUT2D eigenvalue weighted by Crippen LogP contribution is -2.31. The number of unbranched alkanes of at least 4 members (excludes halogenated alkanes) is 15. The molecule has 2 rings (SSSR count). The van der Waals surface area contributed by atoms with Crippen molar-refractivity contribution >= 4 is 16.9 Å². The maximum absolute atomic E-state index is 12.3. The molecule has 1 aromatic heterocycles. The second-order valence-electron chi connectivity index (χ2n) is 11.4. The summed E-state index contributed by atoms with van der Waals surface area (Å²) in [5.74, 6) is 1.52. The lowest BCUT2D eigenvalue weighted by atomic mass is 10.0. The van der Waals surface area contributed by atoms with E-state index in [1.165, 1.54) is 114 Å². The molecule has 0 atom stereocenters. The maximum atomic E-state index is 12.3. The first-order chi connectivity index (χ1) is 18.7. The van der Waals surface area contributed by atoms with Crippen LogP contribution in [-0.4, -0.2) is 22.0 Å². The number of carbonyl (C=O) groups excluding carboxylic acids is 1. The van der Waals surface area contributed by atoms with Crippen molar-refractivity contribution in [2.75, 3.05) is 6.54 Å². The van der Waals surface area contributed by atoms with Gasteiger partial charge >= 0.3 is 0 Å². The third kappa shape index (κ3) is 12.8. The molecule has 0 unspecified atom stereocenters. The van der Waals surface area contributed by atoms with E-state index in [2.05, 4.69) is 54.9 Å². The van der Waals surface area contributed by atoms with Crippen LogP contribution in [0.25, 0.3) is 11.0 Å². The zero-order valence-electron chi connectivity index (χ0n) is 25.2. The normalized spacial score (nSPS) is 11.6. The van der Waals surface area contributed by atoms with Crippen LogP contribution in [0.3, 0.4) is 0 Å². The standard InChI is InChI=1S/C34H59N3O/c1-4-7-8-9-10-11-12-13-14-15-16-17-18-19-20-23-29-37-32-26-22-21-25-31(32)36-33(37)27-24-28-35-34(38)30(5-2)6-3/h21-22,25-26,30H,4-20,23-24,27-29H2,1-3H3,(H,35,38). The first kappa shape index (κ1) is 32.4. The quantitative estimate of drug-likeness (QED) is 0.139. The highest BCUT2D eigenvalue weighted by atomic mass is 16.1. The highest BCUT2D eigenvalue weighted by molar-refractivity contribution is 5.78. The van der Waals surface area contributed by atoms with Gasteiger partial charge in [0.2, 0.25) is 5.91 Å². The zero-order chi connectivity index (χ0) is 27.3. The van der Waals surface area contributed by atoms with Crippen LogP contribution < -0.4 is 5.32 Å². The lowest BCUT2D eigenvalue weighted by Gasteiger charge is -2.13. The minimum Gasteiger partial charge on any atom is -0.356 e. The topological polar surface area (TPSA) is 46.9 Å². The average Bonchev–Trinajstić information content (AvgIpc) is 3.28. The Balaban J connectivity index is 1.58. The number of carbonyl (C=O) groups is 1. The number of fused-ring (bicyclic) bond motifs is 1. The molecule has 1 aromatic carbocycles. The summed E-state index contributed by atoms with van der Waals surface area (Å²) in [7, 11) is 0. The molecule has 0 aliphatic rings. The molecule has 0 spiro atoms. The Hall–Kier alpha value is -1.84. The predicted molar refractivity (Wildman–Crippen MR) is 165 cm³/mol. The lowest BCUT2D eigenvalue weighted by molar-refractivity contribution is -0.125. The largest absolute Gasteiger partial charge is 0.356 e. The van der Waals surface area contributed by atoms with Crippen LogP contribution in [0.15, 0.2) is 24.3 Å². The van der Waals surface area contributed by atoms with Gasteiger partial charge in [-0.25, -0.2) is 4.98 Å². The smallest absolute Gasteiger partial charge is 0.223 e. The Morgan fingerprint density at radius 3 is 1.82 bits per heavy atom. The fraction of sp³-hybridized carbons (Fsp3) is 0.765. The number of hydrogen-bond acceptors (Lipinski definition) is 2. The molecular weight excluding hydrogens is 466 g/mol. The second-order valence-corrected chi connectivity index (χ2v) is 11.4. The summed E-state index contributed by atoms with van der Waals surface area (Å²) in [6.45, 7) is 8.26. The van der Waals surface area contributed by atoms with Crippen LogP contribution >= 0.6 is 0 Å². The average molecular weight is 526 g/mol. The molecule has 38 heavy (non-hydrogen) atoms. The zero-order valence-corrected chi connectivity index (χ0v) is 25.2. The van der Waals surface area contributed by atoms with Gasteiger partial charge in [0.1, 0.15) is 5.82 Å². The number of hydrogen-bond donors (Lipinski definition) is 1. The summed E-state index contributed by atoms with van der Waals surface area (Å²) in [6.07, 6.45) is 26.1. The Labute approximate surface area is 234 Å². The van der Waals surface area contributed by atoms with Crippen LogP contribution in [0.4, 0.5) is 0 Å². The highest BCUT2D eigenvalue weighted by Gasteiger charge is 2.14. The van der Waals surface area contributed by atoms with Crippen molar-refractivity contribution in [3.63, 3.8) is 0 Å². The molecule has 0 bridgehead atoms. The molecule has 1 N–H and O–H groups in total. The maximum Gasteiger partial charge on any atom is 0.223 e. The van der Waals surface area contributed by atoms with E-state index in [4.69, 9.17) is 4.98 Å². The van der Waals surface area contributed by atoms with Crippen molar-refractivity contribution in [2.45, 2.75) is 156 Å². The van der Waals surface area contributed by atoms with E-state index < -0.39 is 0 Å². The summed E-state index contributed by atoms with van der Waals surface area (Å²) < 4.78 is 2.43. The Morgan fingerprint density at radius 1 is 0.737 bits per heavy atom. The van der Waals surface area contributed by atoms with Crippen molar-refractivity contribution < 1.29 is 4.79 Å². The molecule has 1 heterocycles. The molecule has 0 aliphatic carbocycles. The third-order valence-electron chi connectivity index (χ3n) is 8.20. The van der Waals surface area contributed by atoms with Crippen molar-refractivity contribution in [1.29, 1.82) is 0 Å². The van der Waals surface area contributed by atoms with E-state index in [9.17, 15) is 4.79 Å². The SMILES string of the molecule is CCCCCCCCCCCCCCCCCCn1c(CCCNC(=O)C(CC)CC)nc2ccccc21. The monoisotopic (exact) mass is 525 g/mol. The number of aromatic nitrogens is 2. The Bertz CT molecular complexity index is 855. The first-order valence-electron chi connectivity index (χ1n) is 16.4. The summed E-state index contributed by atoms with van der Waals surface area (Å²) in [5.41, 5.74) is 2.35. The van der Waals surface area contributed by atoms with E-state index in [0.29, 0.717) is 0 Å². The molecule has 2 aromatic rings. The van der Waals surface area contributed by atoms with Gasteiger partial charge in [-0.1, -0.05) is 129 Å². The molecule has 0 fully saturated rings. The van der Waals surface area contributed by atoms with Gasteiger partial charge in [0.15, 0.2) is 0 Å². The molecule has 0 saturated heterocycles. The summed E-state index contributed by atoms with van der Waals surface area (Å²) >= 11 is 0. The van der Waals surface area contributed by atoms with Gasteiger partial charge in [0.25, 0.3) is 0 Å². The van der Waals surface area contributed by atoms with Crippen LogP contribution in [0.5, 0.6) is 0 Å². The fourth-order valence-electron chi connectivity index (χ4n) is 5.65. The minimum atomic E-state index is 0.148.